The average Bonchev–Trinajstić information content (AvgIpc) is 2.43. The van der Waals surface area contributed by atoms with Gasteiger partial charge in [-0.1, -0.05) is 22.4 Å². The SMILES string of the molecule is Cc1cc(Br)c(S(=O)(=O)N2CCCCC2CCO)cc1Br. The highest BCUT2D eigenvalue weighted by atomic mass is 79.9. The van der Waals surface area contributed by atoms with Crippen LogP contribution >= 0.6 is 31.9 Å². The van der Waals surface area contributed by atoms with Crippen molar-refractivity contribution in [2.24, 2.45) is 0 Å². The molecule has 1 aromatic rings. The topological polar surface area (TPSA) is 57.6 Å². The Kier molecular flexibility index (Phi) is 5.87. The third-order valence-corrected chi connectivity index (χ3v) is 7.60. The minimum absolute atomic E-state index is 0.00937. The highest BCUT2D eigenvalue weighted by Crippen LogP contribution is 2.34. The lowest BCUT2D eigenvalue weighted by atomic mass is 10.0. The van der Waals surface area contributed by atoms with Crippen LogP contribution in [0.15, 0.2) is 26.0 Å². The van der Waals surface area contributed by atoms with Crippen molar-refractivity contribution in [3.8, 4) is 0 Å². The second-order valence-corrected chi connectivity index (χ2v) is 8.88. The molecule has 1 aliphatic rings. The Hall–Kier alpha value is 0.0500. The zero-order valence-electron chi connectivity index (χ0n) is 11.8. The van der Waals surface area contributed by atoms with Crippen molar-refractivity contribution in [1.82, 2.24) is 4.31 Å². The van der Waals surface area contributed by atoms with Crippen molar-refractivity contribution in [3.05, 3.63) is 26.6 Å². The molecule has 1 unspecified atom stereocenters. The molecule has 1 heterocycles. The van der Waals surface area contributed by atoms with Gasteiger partial charge >= 0.3 is 0 Å². The van der Waals surface area contributed by atoms with Gasteiger partial charge in [0.05, 0.1) is 4.90 Å². The van der Waals surface area contributed by atoms with Gasteiger partial charge in [0.25, 0.3) is 0 Å². The molecule has 1 aliphatic heterocycles. The molecule has 0 aromatic heterocycles. The Morgan fingerprint density at radius 1 is 1.29 bits per heavy atom. The Morgan fingerprint density at radius 2 is 2.00 bits per heavy atom. The highest BCUT2D eigenvalue weighted by molar-refractivity contribution is 9.11. The summed E-state index contributed by atoms with van der Waals surface area (Å²) in [6.07, 6.45) is 3.18. The van der Waals surface area contributed by atoms with Gasteiger partial charge in [-0.2, -0.15) is 4.31 Å². The second kappa shape index (κ2) is 7.08. The first-order valence-corrected chi connectivity index (χ1v) is 9.99. The average molecular weight is 441 g/mol. The maximum Gasteiger partial charge on any atom is 0.244 e. The van der Waals surface area contributed by atoms with Crippen LogP contribution in [-0.2, 0) is 10.0 Å². The second-order valence-electron chi connectivity index (χ2n) is 5.31. The van der Waals surface area contributed by atoms with Crippen molar-refractivity contribution in [3.63, 3.8) is 0 Å². The van der Waals surface area contributed by atoms with E-state index in [2.05, 4.69) is 31.9 Å². The van der Waals surface area contributed by atoms with Gasteiger partial charge < -0.3 is 5.11 Å². The van der Waals surface area contributed by atoms with Crippen LogP contribution in [0.5, 0.6) is 0 Å². The van der Waals surface area contributed by atoms with Gasteiger partial charge in [0.2, 0.25) is 10.0 Å². The van der Waals surface area contributed by atoms with Gasteiger partial charge in [0, 0.05) is 28.1 Å². The quantitative estimate of drug-likeness (QED) is 0.779. The van der Waals surface area contributed by atoms with Gasteiger partial charge in [0.1, 0.15) is 0 Å². The molecule has 0 bridgehead atoms. The van der Waals surface area contributed by atoms with Gasteiger partial charge in [-0.15, -0.1) is 0 Å². The minimum Gasteiger partial charge on any atom is -0.396 e. The molecule has 1 atom stereocenters. The maximum absolute atomic E-state index is 13.0. The number of aliphatic hydroxyl groups is 1. The molecular weight excluding hydrogens is 422 g/mol. The molecule has 2 rings (SSSR count). The van der Waals surface area contributed by atoms with E-state index in [4.69, 9.17) is 5.11 Å². The highest BCUT2D eigenvalue weighted by Gasteiger charge is 2.34. The lowest BCUT2D eigenvalue weighted by molar-refractivity contribution is 0.192. The van der Waals surface area contributed by atoms with E-state index in [1.54, 1.807) is 10.4 Å². The van der Waals surface area contributed by atoms with E-state index in [0.717, 1.165) is 29.3 Å². The Balaban J connectivity index is 2.43. The number of aryl methyl sites for hydroxylation is 1. The summed E-state index contributed by atoms with van der Waals surface area (Å²) in [6.45, 7) is 2.45. The third-order valence-electron chi connectivity index (χ3n) is 3.84. The molecule has 4 nitrogen and oxygen atoms in total. The first-order chi connectivity index (χ1) is 9.87. The number of piperidine rings is 1. The monoisotopic (exact) mass is 439 g/mol. The van der Waals surface area contributed by atoms with Crippen molar-refractivity contribution in [2.75, 3.05) is 13.2 Å². The summed E-state index contributed by atoms with van der Waals surface area (Å²) >= 11 is 6.77. The zero-order chi connectivity index (χ0) is 15.6. The molecule has 0 amide bonds. The van der Waals surface area contributed by atoms with Crippen molar-refractivity contribution >= 4 is 41.9 Å². The van der Waals surface area contributed by atoms with Gasteiger partial charge in [-0.3, -0.25) is 0 Å². The molecule has 0 saturated carbocycles. The minimum atomic E-state index is -3.56. The maximum atomic E-state index is 13.0. The molecule has 0 spiro atoms. The first-order valence-electron chi connectivity index (χ1n) is 6.96. The van der Waals surface area contributed by atoms with E-state index in [9.17, 15) is 8.42 Å². The zero-order valence-corrected chi connectivity index (χ0v) is 15.8. The van der Waals surface area contributed by atoms with Gasteiger partial charge in [-0.25, -0.2) is 8.42 Å². The van der Waals surface area contributed by atoms with Crippen LogP contribution in [0.2, 0.25) is 0 Å². The normalized spacial score (nSPS) is 20.7. The van der Waals surface area contributed by atoms with Crippen LogP contribution in [0.4, 0.5) is 0 Å². The molecular formula is C14H19Br2NO3S. The molecule has 21 heavy (non-hydrogen) atoms. The number of nitrogens with zero attached hydrogens (tertiary/aromatic N) is 1. The lowest BCUT2D eigenvalue weighted by Crippen LogP contribution is -2.44. The molecule has 1 N–H and O–H groups in total. The van der Waals surface area contributed by atoms with Gasteiger partial charge in [-0.05, 0) is 59.8 Å². The molecule has 1 saturated heterocycles. The number of aliphatic hydroxyl groups excluding tert-OH is 1. The summed E-state index contributed by atoms with van der Waals surface area (Å²) in [4.78, 5) is 0.282. The fraction of sp³-hybridized carbons (Fsp3) is 0.571. The smallest absolute Gasteiger partial charge is 0.244 e. The summed E-state index contributed by atoms with van der Waals surface area (Å²) in [7, 11) is -3.56. The summed E-state index contributed by atoms with van der Waals surface area (Å²) in [6, 6.07) is 3.35. The van der Waals surface area contributed by atoms with Crippen LogP contribution in [0.25, 0.3) is 0 Å². The van der Waals surface area contributed by atoms with Crippen molar-refractivity contribution < 1.29 is 13.5 Å². The Morgan fingerprint density at radius 3 is 2.67 bits per heavy atom. The van der Waals surface area contributed by atoms with E-state index >= 15 is 0 Å². The van der Waals surface area contributed by atoms with E-state index in [1.807, 2.05) is 13.0 Å². The van der Waals surface area contributed by atoms with Crippen molar-refractivity contribution in [1.29, 1.82) is 0 Å². The van der Waals surface area contributed by atoms with Crippen LogP contribution in [-0.4, -0.2) is 37.0 Å². The van der Waals surface area contributed by atoms with Crippen LogP contribution in [0.1, 0.15) is 31.2 Å². The van der Waals surface area contributed by atoms with Gasteiger partial charge in [0.15, 0.2) is 0 Å². The molecule has 0 aliphatic carbocycles. The number of rotatable bonds is 4. The fourth-order valence-electron chi connectivity index (χ4n) is 2.68. The summed E-state index contributed by atoms with van der Waals surface area (Å²) in [5.74, 6) is 0. The molecule has 7 heteroatoms. The van der Waals surface area contributed by atoms with E-state index in [1.165, 1.54) is 0 Å². The fourth-order valence-corrected chi connectivity index (χ4v) is 6.04. The largest absolute Gasteiger partial charge is 0.396 e. The van der Waals surface area contributed by atoms with Crippen LogP contribution in [0, 0.1) is 6.92 Å². The first kappa shape index (κ1) is 17.4. The number of hydrogen-bond donors (Lipinski definition) is 1. The van der Waals surface area contributed by atoms with Crippen LogP contribution < -0.4 is 0 Å². The predicted octanol–water partition coefficient (Wildman–Crippen LogP) is 3.45. The Bertz CT molecular complexity index is 617. The number of halogens is 2. The lowest BCUT2D eigenvalue weighted by Gasteiger charge is -2.34. The third kappa shape index (κ3) is 3.69. The molecule has 0 radical (unpaired) electrons. The standard InChI is InChI=1S/C14H19Br2NO3S/c1-10-8-13(16)14(9-12(10)15)21(19,20)17-6-3-2-4-11(17)5-7-18/h8-9,11,18H,2-7H2,1H3. The molecule has 1 fully saturated rings. The molecule has 1 aromatic carbocycles. The molecule has 118 valence electrons. The Labute approximate surface area is 142 Å². The predicted molar refractivity (Wildman–Crippen MR) is 89.8 cm³/mol. The number of benzene rings is 1. The number of sulfonamides is 1. The summed E-state index contributed by atoms with van der Waals surface area (Å²) < 4.78 is 28.8. The van der Waals surface area contributed by atoms with E-state index in [0.29, 0.717) is 17.4 Å². The number of hydrogen-bond acceptors (Lipinski definition) is 3. The van der Waals surface area contributed by atoms with Crippen molar-refractivity contribution in [2.45, 2.75) is 43.5 Å². The van der Waals surface area contributed by atoms with Crippen LogP contribution in [0.3, 0.4) is 0 Å². The summed E-state index contributed by atoms with van der Waals surface area (Å²) in [5, 5.41) is 9.17. The van der Waals surface area contributed by atoms with E-state index < -0.39 is 10.0 Å². The summed E-state index contributed by atoms with van der Waals surface area (Å²) in [5.41, 5.74) is 0.978. The van der Waals surface area contributed by atoms with E-state index in [-0.39, 0.29) is 17.5 Å².